The normalized spacial score (nSPS) is 14.5. The van der Waals surface area contributed by atoms with Crippen molar-refractivity contribution in [2.24, 2.45) is 0 Å². The van der Waals surface area contributed by atoms with Crippen LogP contribution in [0, 0.1) is 11.6 Å². The molecule has 0 unspecified atom stereocenters. The van der Waals surface area contributed by atoms with Crippen LogP contribution in [-0.4, -0.2) is 34.1 Å². The zero-order valence-corrected chi connectivity index (χ0v) is 16.9. The molecule has 1 aliphatic rings. The van der Waals surface area contributed by atoms with Crippen molar-refractivity contribution in [1.82, 2.24) is 9.97 Å². The predicted molar refractivity (Wildman–Crippen MR) is 108 cm³/mol. The molecule has 1 saturated heterocycles. The number of anilines is 1. The van der Waals surface area contributed by atoms with E-state index in [4.69, 9.17) is 5.11 Å². The highest BCUT2D eigenvalue weighted by atomic mass is 79.9. The average molecular weight is 466 g/mol. The van der Waals surface area contributed by atoms with Crippen molar-refractivity contribution < 1.29 is 18.7 Å². The average Bonchev–Trinajstić information content (AvgIpc) is 3.13. The van der Waals surface area contributed by atoms with Crippen LogP contribution in [-0.2, 0) is 4.79 Å². The van der Waals surface area contributed by atoms with Gasteiger partial charge in [-0.2, -0.15) is 0 Å². The quantitative estimate of drug-likeness (QED) is 0.434. The number of hydrogen-bond donors (Lipinski definition) is 1. The van der Waals surface area contributed by atoms with Gasteiger partial charge in [-0.3, -0.25) is 0 Å². The van der Waals surface area contributed by atoms with Gasteiger partial charge < -0.3 is 10.0 Å². The molecule has 0 saturated carbocycles. The molecule has 0 amide bonds. The Labute approximate surface area is 171 Å². The van der Waals surface area contributed by atoms with Crippen LogP contribution in [0.3, 0.4) is 0 Å². The first-order chi connectivity index (χ1) is 13.4. The van der Waals surface area contributed by atoms with Gasteiger partial charge in [-0.05, 0) is 52.4 Å². The fourth-order valence-electron chi connectivity index (χ4n) is 3.20. The number of aromatic nitrogens is 2. The zero-order chi connectivity index (χ0) is 19.8. The Balaban J connectivity index is 1.75. The summed E-state index contributed by atoms with van der Waals surface area (Å²) in [7, 11) is 0. The molecule has 2 aromatic heterocycles. The van der Waals surface area contributed by atoms with Gasteiger partial charge in [0.2, 0.25) is 0 Å². The zero-order valence-electron chi connectivity index (χ0n) is 14.5. The van der Waals surface area contributed by atoms with Crippen molar-refractivity contribution in [1.29, 1.82) is 0 Å². The number of carbonyl (C=O) groups is 1. The lowest BCUT2D eigenvalue weighted by Gasteiger charge is -2.29. The number of hydrogen-bond acceptors (Lipinski definition) is 5. The Hall–Kier alpha value is -2.39. The molecule has 3 heterocycles. The van der Waals surface area contributed by atoms with Crippen LogP contribution < -0.4 is 4.90 Å². The summed E-state index contributed by atoms with van der Waals surface area (Å²) in [4.78, 5) is 21.9. The number of carboxylic acids is 1. The molecule has 1 N–H and O–H groups in total. The summed E-state index contributed by atoms with van der Waals surface area (Å²) >= 11 is 4.46. The highest BCUT2D eigenvalue weighted by Crippen LogP contribution is 2.35. The molecule has 9 heteroatoms. The smallest absolute Gasteiger partial charge is 0.328 e. The fraction of sp³-hybridized carbons (Fsp3) is 0.211. The summed E-state index contributed by atoms with van der Waals surface area (Å²) in [6.07, 6.45) is 2.48. The van der Waals surface area contributed by atoms with Gasteiger partial charge in [0, 0.05) is 19.2 Å². The second kappa shape index (κ2) is 7.56. The van der Waals surface area contributed by atoms with Gasteiger partial charge >= 0.3 is 5.97 Å². The van der Waals surface area contributed by atoms with Gasteiger partial charge in [0.1, 0.15) is 11.6 Å². The van der Waals surface area contributed by atoms with Crippen LogP contribution in [0.25, 0.3) is 21.6 Å². The molecule has 4 rings (SSSR count). The van der Waals surface area contributed by atoms with E-state index < -0.39 is 17.6 Å². The maximum Gasteiger partial charge on any atom is 0.328 e. The molecule has 0 spiro atoms. The van der Waals surface area contributed by atoms with Crippen LogP contribution >= 0.6 is 27.3 Å². The van der Waals surface area contributed by atoms with Gasteiger partial charge in [0.25, 0.3) is 0 Å². The molecule has 5 nitrogen and oxygen atoms in total. The standard InChI is InChI=1S/C19H14BrF2N3O2S/c20-12-9-13(21)11(8-14(12)22)18-23-15-3-6-28-17(15)19(24-18)25-4-1-10(2-5-25)7-16(26)27/h3,6-9H,1-2,4-5H2,(H,26,27). The van der Waals surface area contributed by atoms with E-state index in [1.54, 1.807) is 0 Å². The van der Waals surface area contributed by atoms with Crippen LogP contribution in [0.1, 0.15) is 12.8 Å². The first-order valence-electron chi connectivity index (χ1n) is 8.50. The Morgan fingerprint density at radius 2 is 1.96 bits per heavy atom. The van der Waals surface area contributed by atoms with Crippen LogP contribution in [0.5, 0.6) is 0 Å². The van der Waals surface area contributed by atoms with Gasteiger partial charge in [-0.25, -0.2) is 23.5 Å². The highest BCUT2D eigenvalue weighted by molar-refractivity contribution is 9.10. The number of fused-ring (bicyclic) bond motifs is 1. The maximum atomic E-state index is 14.4. The number of rotatable bonds is 3. The molecule has 28 heavy (non-hydrogen) atoms. The van der Waals surface area contributed by atoms with Crippen molar-refractivity contribution in [2.45, 2.75) is 12.8 Å². The highest BCUT2D eigenvalue weighted by Gasteiger charge is 2.22. The van der Waals surface area contributed by atoms with Crippen molar-refractivity contribution in [3.8, 4) is 11.4 Å². The molecule has 0 atom stereocenters. The SMILES string of the molecule is O=C(O)C=C1CCN(c2nc(-c3cc(F)c(Br)cc3F)nc3ccsc23)CC1. The second-order valence-corrected chi connectivity index (χ2v) is 8.15. The van der Waals surface area contributed by atoms with Crippen molar-refractivity contribution in [3.63, 3.8) is 0 Å². The number of aliphatic carboxylic acids is 1. The number of benzene rings is 1. The third kappa shape index (κ3) is 3.64. The summed E-state index contributed by atoms with van der Waals surface area (Å²) in [5, 5.41) is 10.8. The molecule has 144 valence electrons. The lowest BCUT2D eigenvalue weighted by atomic mass is 10.0. The molecule has 0 radical (unpaired) electrons. The lowest BCUT2D eigenvalue weighted by Crippen LogP contribution is -2.31. The summed E-state index contributed by atoms with van der Waals surface area (Å²) in [6, 6.07) is 3.97. The van der Waals surface area contributed by atoms with Crippen LogP contribution in [0.4, 0.5) is 14.6 Å². The Bertz CT molecular complexity index is 1110. The topological polar surface area (TPSA) is 66.3 Å². The van der Waals surface area contributed by atoms with E-state index in [1.807, 2.05) is 16.3 Å². The summed E-state index contributed by atoms with van der Waals surface area (Å²) in [5.41, 5.74) is 1.54. The molecule has 1 fully saturated rings. The van der Waals surface area contributed by atoms with E-state index in [-0.39, 0.29) is 15.9 Å². The van der Waals surface area contributed by atoms with Crippen molar-refractivity contribution in [3.05, 3.63) is 51.3 Å². The monoisotopic (exact) mass is 465 g/mol. The number of piperidine rings is 1. The molecule has 1 aliphatic heterocycles. The summed E-state index contributed by atoms with van der Waals surface area (Å²) < 4.78 is 29.3. The predicted octanol–water partition coefficient (Wildman–Crippen LogP) is 5.01. The molecule has 0 aliphatic carbocycles. The Kier molecular flexibility index (Phi) is 5.11. The molecule has 1 aromatic carbocycles. The van der Waals surface area contributed by atoms with Gasteiger partial charge in [0.15, 0.2) is 11.6 Å². The fourth-order valence-corrected chi connectivity index (χ4v) is 4.36. The molecule has 0 bridgehead atoms. The van der Waals surface area contributed by atoms with E-state index in [0.717, 1.165) is 22.4 Å². The minimum Gasteiger partial charge on any atom is -0.478 e. The summed E-state index contributed by atoms with van der Waals surface area (Å²) in [5.74, 6) is -1.36. The third-order valence-corrected chi connectivity index (χ3v) is 6.08. The number of halogens is 3. The van der Waals surface area contributed by atoms with Gasteiger partial charge in [-0.15, -0.1) is 11.3 Å². The first-order valence-corrected chi connectivity index (χ1v) is 10.2. The van der Waals surface area contributed by atoms with E-state index in [1.165, 1.54) is 17.4 Å². The van der Waals surface area contributed by atoms with E-state index in [9.17, 15) is 13.6 Å². The van der Waals surface area contributed by atoms with Crippen LogP contribution in [0.15, 0.2) is 39.7 Å². The third-order valence-electron chi connectivity index (χ3n) is 4.57. The Morgan fingerprint density at radius 3 is 2.68 bits per heavy atom. The minimum absolute atomic E-state index is 0.00137. The molecule has 3 aromatic rings. The number of nitrogens with zero attached hydrogens (tertiary/aromatic N) is 3. The van der Waals surface area contributed by atoms with Gasteiger partial charge in [-0.1, -0.05) is 5.57 Å². The maximum absolute atomic E-state index is 14.4. The minimum atomic E-state index is -0.943. The molecular formula is C19H14BrF2N3O2S. The van der Waals surface area contributed by atoms with E-state index in [0.29, 0.717) is 37.3 Å². The Morgan fingerprint density at radius 1 is 1.21 bits per heavy atom. The lowest BCUT2D eigenvalue weighted by molar-refractivity contribution is -0.131. The van der Waals surface area contributed by atoms with Crippen molar-refractivity contribution in [2.75, 3.05) is 18.0 Å². The largest absolute Gasteiger partial charge is 0.478 e. The van der Waals surface area contributed by atoms with E-state index >= 15 is 0 Å². The first kappa shape index (κ1) is 18.9. The summed E-state index contributed by atoms with van der Waals surface area (Å²) in [6.45, 7) is 1.19. The number of carboxylic acid groups (broad SMARTS) is 1. The number of thiophene rings is 1. The van der Waals surface area contributed by atoms with Gasteiger partial charge in [0.05, 0.1) is 20.3 Å². The van der Waals surface area contributed by atoms with E-state index in [2.05, 4.69) is 25.9 Å². The van der Waals surface area contributed by atoms with Crippen molar-refractivity contribution >= 4 is 49.3 Å². The van der Waals surface area contributed by atoms with Crippen LogP contribution in [0.2, 0.25) is 0 Å². The molecular weight excluding hydrogens is 452 g/mol. The second-order valence-electron chi connectivity index (χ2n) is 6.38.